The summed E-state index contributed by atoms with van der Waals surface area (Å²) in [5.74, 6) is -0.00746. The van der Waals surface area contributed by atoms with E-state index in [1.54, 1.807) is 0 Å². The minimum Gasteiger partial charge on any atom is -0.466 e. The number of hydrogen-bond donors (Lipinski definition) is 3. The molecule has 0 radical (unpaired) electrons. The Bertz CT molecular complexity index is 1100. The fraction of sp³-hybridized carbons (Fsp3) is 0.971. The van der Waals surface area contributed by atoms with Crippen molar-refractivity contribution in [2.75, 3.05) is 13.2 Å². The molecule has 0 saturated heterocycles. The van der Waals surface area contributed by atoms with Crippen LogP contribution in [0.3, 0.4) is 0 Å². The van der Waals surface area contributed by atoms with Gasteiger partial charge in [0, 0.05) is 12.8 Å². The maximum atomic E-state index is 12.5. The van der Waals surface area contributed by atoms with Crippen molar-refractivity contribution in [3.05, 3.63) is 0 Å². The van der Waals surface area contributed by atoms with Gasteiger partial charge in [0.25, 0.3) is 0 Å². The molecule has 0 aromatic heterocycles. The van der Waals surface area contributed by atoms with Crippen LogP contribution >= 0.6 is 0 Å². The molecule has 454 valence electrons. The number of carbonyl (C=O) groups is 2. The molecule has 2 unspecified atom stereocenters. The minimum absolute atomic E-state index is 0.0207. The summed E-state index contributed by atoms with van der Waals surface area (Å²) in [7, 11) is 0. The number of carbonyl (C=O) groups excluding carboxylic acids is 2. The van der Waals surface area contributed by atoms with E-state index in [1.165, 1.54) is 340 Å². The van der Waals surface area contributed by atoms with Gasteiger partial charge < -0.3 is 20.3 Å². The second-order valence-electron chi connectivity index (χ2n) is 24.6. The van der Waals surface area contributed by atoms with Crippen LogP contribution in [0.2, 0.25) is 0 Å². The molecule has 0 aromatic rings. The van der Waals surface area contributed by atoms with Crippen molar-refractivity contribution >= 4 is 11.9 Å². The highest BCUT2D eigenvalue weighted by atomic mass is 16.5. The summed E-state index contributed by atoms with van der Waals surface area (Å²) in [5.41, 5.74) is 0. The standard InChI is InChI=1S/C70H139NO5/c1-3-5-7-9-11-13-15-17-19-20-28-31-35-38-42-46-50-54-58-62-68(73)67(66-72)71-69(74)63-59-55-51-47-43-39-36-32-29-26-24-22-21-23-25-27-30-33-37-41-45-49-53-57-61-65-76-70(75)64-60-56-52-48-44-40-34-18-16-14-12-10-8-6-4-2/h67-68,72-73H,3-66H2,1-2H3,(H,71,74). The van der Waals surface area contributed by atoms with Gasteiger partial charge in [-0.2, -0.15) is 0 Å². The van der Waals surface area contributed by atoms with Gasteiger partial charge in [0.1, 0.15) is 0 Å². The van der Waals surface area contributed by atoms with Crippen molar-refractivity contribution in [2.24, 2.45) is 0 Å². The van der Waals surface area contributed by atoms with E-state index in [1.807, 2.05) is 0 Å². The van der Waals surface area contributed by atoms with E-state index in [4.69, 9.17) is 4.74 Å². The summed E-state index contributed by atoms with van der Waals surface area (Å²) in [6.07, 6.45) is 80.0. The summed E-state index contributed by atoms with van der Waals surface area (Å²) in [4.78, 5) is 24.6. The smallest absolute Gasteiger partial charge is 0.305 e. The molecule has 0 bridgehead atoms. The summed E-state index contributed by atoms with van der Waals surface area (Å²) >= 11 is 0. The largest absolute Gasteiger partial charge is 0.466 e. The number of hydrogen-bond acceptors (Lipinski definition) is 5. The predicted octanol–water partition coefficient (Wildman–Crippen LogP) is 22.6. The number of esters is 1. The molecule has 0 heterocycles. The van der Waals surface area contributed by atoms with E-state index in [0.29, 0.717) is 25.9 Å². The molecule has 1 amide bonds. The van der Waals surface area contributed by atoms with E-state index in [2.05, 4.69) is 19.2 Å². The maximum Gasteiger partial charge on any atom is 0.305 e. The van der Waals surface area contributed by atoms with E-state index >= 15 is 0 Å². The molecule has 0 aliphatic rings. The Morgan fingerprint density at radius 1 is 0.316 bits per heavy atom. The van der Waals surface area contributed by atoms with Crippen molar-refractivity contribution in [2.45, 2.75) is 424 Å². The number of unbranched alkanes of at least 4 members (excludes halogenated alkanes) is 56. The van der Waals surface area contributed by atoms with Gasteiger partial charge in [-0.1, -0.05) is 373 Å². The van der Waals surface area contributed by atoms with Crippen molar-refractivity contribution in [1.29, 1.82) is 0 Å². The first kappa shape index (κ1) is 74.9. The zero-order chi connectivity index (χ0) is 55.0. The lowest BCUT2D eigenvalue weighted by Crippen LogP contribution is -2.45. The van der Waals surface area contributed by atoms with Crippen molar-refractivity contribution in [3.8, 4) is 0 Å². The Labute approximate surface area is 476 Å². The van der Waals surface area contributed by atoms with Crippen molar-refractivity contribution < 1.29 is 24.5 Å². The van der Waals surface area contributed by atoms with Crippen LogP contribution in [0.5, 0.6) is 0 Å². The van der Waals surface area contributed by atoms with Gasteiger partial charge in [-0.15, -0.1) is 0 Å². The number of ether oxygens (including phenoxy) is 1. The molecule has 6 nitrogen and oxygen atoms in total. The zero-order valence-electron chi connectivity index (χ0n) is 52.0. The predicted molar refractivity (Wildman–Crippen MR) is 334 cm³/mol. The van der Waals surface area contributed by atoms with Gasteiger partial charge in [-0.25, -0.2) is 0 Å². The molecule has 76 heavy (non-hydrogen) atoms. The van der Waals surface area contributed by atoms with Gasteiger partial charge in [0.05, 0.1) is 25.4 Å². The van der Waals surface area contributed by atoms with E-state index in [9.17, 15) is 19.8 Å². The van der Waals surface area contributed by atoms with Gasteiger partial charge >= 0.3 is 5.97 Å². The molecular formula is C70H139NO5. The second-order valence-corrected chi connectivity index (χ2v) is 24.6. The number of aliphatic hydroxyl groups is 2. The summed E-state index contributed by atoms with van der Waals surface area (Å²) < 4.78 is 5.50. The first-order valence-electron chi connectivity index (χ1n) is 35.3. The average molecular weight is 1070 g/mol. The molecule has 3 N–H and O–H groups in total. The molecule has 0 rings (SSSR count). The molecular weight excluding hydrogens is 935 g/mol. The van der Waals surface area contributed by atoms with Crippen molar-refractivity contribution in [3.63, 3.8) is 0 Å². The third kappa shape index (κ3) is 62.1. The van der Waals surface area contributed by atoms with Crippen LogP contribution in [-0.4, -0.2) is 47.4 Å². The lowest BCUT2D eigenvalue weighted by Gasteiger charge is -2.22. The first-order chi connectivity index (χ1) is 37.5. The monoisotopic (exact) mass is 1070 g/mol. The molecule has 0 spiro atoms. The van der Waals surface area contributed by atoms with E-state index in [0.717, 1.165) is 38.5 Å². The fourth-order valence-corrected chi connectivity index (χ4v) is 11.5. The van der Waals surface area contributed by atoms with Crippen LogP contribution in [0, 0.1) is 0 Å². The van der Waals surface area contributed by atoms with Crippen LogP contribution in [0.25, 0.3) is 0 Å². The maximum absolute atomic E-state index is 12.5. The van der Waals surface area contributed by atoms with Gasteiger partial charge in [-0.05, 0) is 25.7 Å². The summed E-state index contributed by atoms with van der Waals surface area (Å²) in [6, 6.07) is -0.540. The third-order valence-electron chi connectivity index (χ3n) is 16.9. The Balaban J connectivity index is 3.34. The molecule has 6 heteroatoms. The van der Waals surface area contributed by atoms with Gasteiger partial charge in [-0.3, -0.25) is 9.59 Å². The van der Waals surface area contributed by atoms with Crippen LogP contribution in [0.15, 0.2) is 0 Å². The fourth-order valence-electron chi connectivity index (χ4n) is 11.5. The number of aliphatic hydroxyl groups excluding tert-OH is 2. The van der Waals surface area contributed by atoms with Gasteiger partial charge in [0.15, 0.2) is 0 Å². The highest BCUT2D eigenvalue weighted by molar-refractivity contribution is 5.76. The topological polar surface area (TPSA) is 95.9 Å². The van der Waals surface area contributed by atoms with Crippen LogP contribution in [0.1, 0.15) is 412 Å². The van der Waals surface area contributed by atoms with Crippen LogP contribution in [0.4, 0.5) is 0 Å². The first-order valence-corrected chi connectivity index (χ1v) is 35.3. The summed E-state index contributed by atoms with van der Waals surface area (Å²) in [5, 5.41) is 23.4. The van der Waals surface area contributed by atoms with Gasteiger partial charge in [0.2, 0.25) is 5.91 Å². The Kier molecular flexibility index (Phi) is 65.4. The summed E-state index contributed by atoms with van der Waals surface area (Å²) in [6.45, 7) is 5.01. The minimum atomic E-state index is -0.663. The van der Waals surface area contributed by atoms with Crippen LogP contribution in [-0.2, 0) is 14.3 Å². The molecule has 0 aliphatic carbocycles. The lowest BCUT2D eigenvalue weighted by atomic mass is 10.0. The quantitative estimate of drug-likeness (QED) is 0.0417. The molecule has 0 aromatic carbocycles. The second kappa shape index (κ2) is 66.4. The van der Waals surface area contributed by atoms with E-state index < -0.39 is 12.1 Å². The number of nitrogens with one attached hydrogen (secondary N) is 1. The van der Waals surface area contributed by atoms with Crippen molar-refractivity contribution in [1.82, 2.24) is 5.32 Å². The zero-order valence-corrected chi connectivity index (χ0v) is 52.0. The lowest BCUT2D eigenvalue weighted by molar-refractivity contribution is -0.143. The van der Waals surface area contributed by atoms with Crippen LogP contribution < -0.4 is 5.32 Å². The Hall–Kier alpha value is -1.14. The average Bonchev–Trinajstić information content (AvgIpc) is 3.42. The SMILES string of the molecule is CCCCCCCCCCCCCCCCCCCCCC(O)C(CO)NC(=O)CCCCCCCCCCCCCCCCCCCCCCCCCCCOC(=O)CCCCCCCCCCCCCCCCC. The number of amides is 1. The Morgan fingerprint density at radius 2 is 0.539 bits per heavy atom. The highest BCUT2D eigenvalue weighted by Gasteiger charge is 2.20. The third-order valence-corrected chi connectivity index (χ3v) is 16.9. The highest BCUT2D eigenvalue weighted by Crippen LogP contribution is 2.20. The molecule has 0 saturated carbocycles. The molecule has 2 atom stereocenters. The Morgan fingerprint density at radius 3 is 0.803 bits per heavy atom. The van der Waals surface area contributed by atoms with E-state index in [-0.39, 0.29) is 18.5 Å². The normalized spacial score (nSPS) is 12.4. The molecule has 0 aliphatic heterocycles. The number of rotatable bonds is 67. The molecule has 0 fully saturated rings.